The van der Waals surface area contributed by atoms with Crippen LogP contribution in [0, 0.1) is 5.95 Å². The summed E-state index contributed by atoms with van der Waals surface area (Å²) in [7, 11) is 0. The van der Waals surface area contributed by atoms with Crippen LogP contribution in [0.4, 0.5) is 26.7 Å². The number of rotatable bonds is 4. The van der Waals surface area contributed by atoms with Gasteiger partial charge in [0.05, 0.1) is 30.0 Å². The van der Waals surface area contributed by atoms with Gasteiger partial charge in [-0.2, -0.15) is 17.6 Å². The molecule has 160 valence electrons. The van der Waals surface area contributed by atoms with E-state index in [1.54, 1.807) is 0 Å². The molecule has 2 N–H and O–H groups in total. The Hall–Kier alpha value is -3.31. The number of hydrogen-bond acceptors (Lipinski definition) is 4. The lowest BCUT2D eigenvalue weighted by atomic mass is 10.1. The fraction of sp³-hybridized carbons (Fsp3) is 0.333. The third-order valence-electron chi connectivity index (χ3n) is 4.48. The highest BCUT2D eigenvalue weighted by Gasteiger charge is 2.39. The van der Waals surface area contributed by atoms with Gasteiger partial charge in [-0.15, -0.1) is 0 Å². The van der Waals surface area contributed by atoms with Crippen LogP contribution >= 0.6 is 0 Å². The second-order valence-corrected chi connectivity index (χ2v) is 6.60. The Morgan fingerprint density at radius 3 is 2.60 bits per heavy atom. The molecule has 1 saturated heterocycles. The van der Waals surface area contributed by atoms with E-state index in [1.165, 1.54) is 6.07 Å². The Morgan fingerprint density at radius 2 is 2.00 bits per heavy atom. The van der Waals surface area contributed by atoms with Crippen LogP contribution in [0.1, 0.15) is 17.7 Å². The van der Waals surface area contributed by atoms with Crippen molar-refractivity contribution in [3.8, 4) is 11.3 Å². The lowest BCUT2D eigenvalue weighted by Crippen LogP contribution is -2.45. The van der Waals surface area contributed by atoms with Gasteiger partial charge in [0, 0.05) is 24.2 Å². The Labute approximate surface area is 166 Å². The monoisotopic (exact) mass is 430 g/mol. The second-order valence-electron chi connectivity index (χ2n) is 6.60. The van der Waals surface area contributed by atoms with Crippen LogP contribution in [0.3, 0.4) is 0 Å². The van der Waals surface area contributed by atoms with E-state index in [2.05, 4.69) is 15.3 Å². The number of carbonyl (C=O) groups is 2. The van der Waals surface area contributed by atoms with E-state index in [0.717, 1.165) is 18.2 Å². The standard InChI is InChI=1S/C18H15F5N4O3/c19-11-5-14(27(8-11)17(29)30)16(28)25-7-12-3-9(4-15(20)26-12)13-2-1-10(6-24-13)18(21,22)23/h1-4,6,11,14H,5,7-8H2,(H,25,28)(H,29,30)/t11-,14-/m1/s1. The summed E-state index contributed by atoms with van der Waals surface area (Å²) in [5.41, 5.74) is -0.738. The molecule has 3 heterocycles. The molecule has 1 aliphatic rings. The van der Waals surface area contributed by atoms with E-state index in [4.69, 9.17) is 5.11 Å². The third kappa shape index (κ3) is 4.81. The summed E-state index contributed by atoms with van der Waals surface area (Å²) in [5, 5.41) is 11.4. The maximum absolute atomic E-state index is 13.9. The molecular formula is C18H15F5N4O3. The maximum Gasteiger partial charge on any atom is 0.417 e. The molecule has 0 radical (unpaired) electrons. The number of pyridine rings is 2. The van der Waals surface area contributed by atoms with Crippen molar-refractivity contribution in [3.63, 3.8) is 0 Å². The van der Waals surface area contributed by atoms with Crippen molar-refractivity contribution in [2.45, 2.75) is 31.4 Å². The van der Waals surface area contributed by atoms with Gasteiger partial charge in [0.1, 0.15) is 12.2 Å². The number of hydrogen-bond donors (Lipinski definition) is 2. The van der Waals surface area contributed by atoms with Crippen LogP contribution in [-0.2, 0) is 17.5 Å². The molecule has 0 aliphatic carbocycles. The van der Waals surface area contributed by atoms with Gasteiger partial charge in [0.2, 0.25) is 11.9 Å². The molecule has 0 unspecified atom stereocenters. The molecule has 2 aromatic rings. The first-order valence-electron chi connectivity index (χ1n) is 8.66. The minimum Gasteiger partial charge on any atom is -0.465 e. The van der Waals surface area contributed by atoms with Gasteiger partial charge in [0.25, 0.3) is 0 Å². The van der Waals surface area contributed by atoms with Crippen molar-refractivity contribution in [2.24, 2.45) is 0 Å². The van der Waals surface area contributed by atoms with Crippen molar-refractivity contribution >= 4 is 12.0 Å². The minimum absolute atomic E-state index is 0.0247. The quantitative estimate of drug-likeness (QED) is 0.575. The zero-order chi connectivity index (χ0) is 22.1. The average molecular weight is 430 g/mol. The molecule has 0 spiro atoms. The van der Waals surface area contributed by atoms with Gasteiger partial charge in [-0.3, -0.25) is 14.7 Å². The van der Waals surface area contributed by atoms with Crippen molar-refractivity contribution in [1.82, 2.24) is 20.2 Å². The van der Waals surface area contributed by atoms with E-state index >= 15 is 0 Å². The highest BCUT2D eigenvalue weighted by atomic mass is 19.4. The zero-order valence-electron chi connectivity index (χ0n) is 15.2. The summed E-state index contributed by atoms with van der Waals surface area (Å²) in [5.74, 6) is -1.71. The Morgan fingerprint density at radius 1 is 1.27 bits per heavy atom. The number of likely N-dealkylation sites (tertiary alicyclic amines) is 1. The molecule has 2 amide bonds. The summed E-state index contributed by atoms with van der Waals surface area (Å²) in [6.07, 6.45) is -7.15. The van der Waals surface area contributed by atoms with E-state index < -0.39 is 48.4 Å². The highest BCUT2D eigenvalue weighted by Crippen LogP contribution is 2.30. The molecule has 7 nitrogen and oxygen atoms in total. The van der Waals surface area contributed by atoms with Crippen LogP contribution in [0.2, 0.25) is 0 Å². The zero-order valence-corrected chi connectivity index (χ0v) is 15.2. The van der Waals surface area contributed by atoms with Crippen molar-refractivity contribution in [1.29, 1.82) is 0 Å². The number of alkyl halides is 4. The predicted octanol–water partition coefficient (Wildman–Crippen LogP) is 3.01. The van der Waals surface area contributed by atoms with Crippen molar-refractivity contribution in [3.05, 3.63) is 47.7 Å². The number of aromatic nitrogens is 2. The SMILES string of the molecule is O=C(NCc1cc(-c2ccc(C(F)(F)F)cn2)cc(F)n1)[C@H]1C[C@@H](F)CN1C(=O)O. The van der Waals surface area contributed by atoms with Crippen molar-refractivity contribution < 1.29 is 36.6 Å². The summed E-state index contributed by atoms with van der Waals surface area (Å²) in [6, 6.07) is 2.95. The molecule has 1 aliphatic heterocycles. The predicted molar refractivity (Wildman–Crippen MR) is 92.3 cm³/mol. The lowest BCUT2D eigenvalue weighted by molar-refractivity contribution is -0.137. The van der Waals surface area contributed by atoms with Crippen LogP contribution in [-0.4, -0.2) is 50.7 Å². The third-order valence-corrected chi connectivity index (χ3v) is 4.48. The number of carboxylic acid groups (broad SMARTS) is 1. The normalized spacial score (nSPS) is 19.0. The highest BCUT2D eigenvalue weighted by molar-refractivity contribution is 5.86. The average Bonchev–Trinajstić information content (AvgIpc) is 3.07. The Kier molecular flexibility index (Phi) is 5.85. The second kappa shape index (κ2) is 8.20. The number of carbonyl (C=O) groups excluding carboxylic acids is 1. The van der Waals surface area contributed by atoms with Crippen molar-refractivity contribution in [2.75, 3.05) is 6.54 Å². The van der Waals surface area contributed by atoms with Gasteiger partial charge in [-0.1, -0.05) is 0 Å². The van der Waals surface area contributed by atoms with E-state index in [9.17, 15) is 31.5 Å². The summed E-state index contributed by atoms with van der Waals surface area (Å²) in [6.45, 7) is -0.722. The summed E-state index contributed by atoms with van der Waals surface area (Å²) in [4.78, 5) is 31.3. The maximum atomic E-state index is 13.9. The van der Waals surface area contributed by atoms with E-state index in [1.807, 2.05) is 0 Å². The number of halogens is 5. The van der Waals surface area contributed by atoms with Crippen LogP contribution in [0.5, 0.6) is 0 Å². The fourth-order valence-corrected chi connectivity index (χ4v) is 3.06. The van der Waals surface area contributed by atoms with Gasteiger partial charge in [0.15, 0.2) is 0 Å². The molecule has 0 bridgehead atoms. The van der Waals surface area contributed by atoms with Crippen LogP contribution < -0.4 is 5.32 Å². The molecule has 2 atom stereocenters. The van der Waals surface area contributed by atoms with Gasteiger partial charge < -0.3 is 10.4 Å². The van der Waals surface area contributed by atoms with Gasteiger partial charge in [-0.25, -0.2) is 14.2 Å². The topological polar surface area (TPSA) is 95.4 Å². The number of nitrogens with zero attached hydrogens (tertiary/aromatic N) is 3. The molecule has 0 aromatic carbocycles. The Balaban J connectivity index is 1.73. The van der Waals surface area contributed by atoms with E-state index in [-0.39, 0.29) is 29.9 Å². The fourth-order valence-electron chi connectivity index (χ4n) is 3.06. The van der Waals surface area contributed by atoms with Crippen LogP contribution in [0.15, 0.2) is 30.5 Å². The first kappa shape index (κ1) is 21.4. The molecule has 30 heavy (non-hydrogen) atoms. The van der Waals surface area contributed by atoms with Gasteiger partial charge >= 0.3 is 12.3 Å². The molecule has 2 aromatic heterocycles. The smallest absolute Gasteiger partial charge is 0.417 e. The minimum atomic E-state index is -4.56. The summed E-state index contributed by atoms with van der Waals surface area (Å²) >= 11 is 0. The van der Waals surface area contributed by atoms with E-state index in [0.29, 0.717) is 11.1 Å². The summed E-state index contributed by atoms with van der Waals surface area (Å²) < 4.78 is 65.3. The molecule has 1 fully saturated rings. The van der Waals surface area contributed by atoms with Crippen LogP contribution in [0.25, 0.3) is 11.3 Å². The number of amides is 2. The lowest BCUT2D eigenvalue weighted by Gasteiger charge is -2.20. The number of nitrogens with one attached hydrogen (secondary N) is 1. The first-order valence-corrected chi connectivity index (χ1v) is 8.66. The largest absolute Gasteiger partial charge is 0.465 e. The Bertz CT molecular complexity index is 952. The molecular weight excluding hydrogens is 415 g/mol. The molecule has 3 rings (SSSR count). The molecule has 12 heteroatoms. The molecule has 0 saturated carbocycles. The van der Waals surface area contributed by atoms with Gasteiger partial charge in [-0.05, 0) is 18.2 Å². The first-order chi connectivity index (χ1) is 14.0.